The Kier molecular flexibility index (Phi) is 3.82. The van der Waals surface area contributed by atoms with E-state index in [1.54, 1.807) is 30.3 Å². The maximum Gasteiger partial charge on any atom is 0.136 e. The van der Waals surface area contributed by atoms with Crippen molar-refractivity contribution in [2.75, 3.05) is 18.5 Å². The van der Waals surface area contributed by atoms with Crippen LogP contribution in [0.4, 0.5) is 10.1 Å². The molecule has 0 fully saturated rings. The van der Waals surface area contributed by atoms with Crippen LogP contribution < -0.4 is 4.90 Å². The van der Waals surface area contributed by atoms with Crippen molar-refractivity contribution in [1.82, 2.24) is 0 Å². The summed E-state index contributed by atoms with van der Waals surface area (Å²) in [4.78, 5) is 6.34. The molecule has 5 heteroatoms. The lowest BCUT2D eigenvalue weighted by Gasteiger charge is -2.23. The number of likely N-dealkylation sites (N-methyl/N-ethyl adjacent to an activating group) is 1. The molecule has 0 N–H and O–H groups in total. The van der Waals surface area contributed by atoms with Crippen LogP contribution in [-0.4, -0.2) is 25.3 Å². The number of halogens is 2. The fourth-order valence-corrected chi connectivity index (χ4v) is 2.74. The highest BCUT2D eigenvalue weighted by molar-refractivity contribution is 6.31. The molecule has 1 aliphatic heterocycles. The van der Waals surface area contributed by atoms with Gasteiger partial charge in [0.05, 0.1) is 18.3 Å². The molecule has 0 saturated heterocycles. The lowest BCUT2D eigenvalue weighted by Crippen LogP contribution is -2.32. The first-order chi connectivity index (χ1) is 10.6. The zero-order chi connectivity index (χ0) is 15.7. The number of rotatable bonds is 1. The van der Waals surface area contributed by atoms with Gasteiger partial charge in [-0.3, -0.25) is 4.99 Å². The topological polar surface area (TPSA) is 39.4 Å². The Hall–Kier alpha value is -2.38. The number of hydrogen-bond acceptors (Lipinski definition) is 3. The van der Waals surface area contributed by atoms with Gasteiger partial charge in [-0.15, -0.1) is 0 Å². The minimum absolute atomic E-state index is 0.281. The van der Waals surface area contributed by atoms with Crippen LogP contribution in [0, 0.1) is 17.1 Å². The van der Waals surface area contributed by atoms with Crippen molar-refractivity contribution in [2.24, 2.45) is 4.99 Å². The van der Waals surface area contributed by atoms with E-state index in [0.717, 1.165) is 11.3 Å². The van der Waals surface area contributed by atoms with E-state index in [-0.39, 0.29) is 12.4 Å². The molecular formula is C17H13ClFN3. The predicted octanol–water partition coefficient (Wildman–Crippen LogP) is 3.66. The molecule has 2 aromatic carbocycles. The summed E-state index contributed by atoms with van der Waals surface area (Å²) in [5, 5.41) is 9.86. The summed E-state index contributed by atoms with van der Waals surface area (Å²) in [6, 6.07) is 13.7. The quantitative estimate of drug-likeness (QED) is 0.806. The van der Waals surface area contributed by atoms with E-state index in [9.17, 15) is 9.65 Å². The average molecular weight is 314 g/mol. The number of benzodiazepines with no additional fused rings is 1. The van der Waals surface area contributed by atoms with E-state index >= 15 is 0 Å². The van der Waals surface area contributed by atoms with Crippen LogP contribution in [0.25, 0.3) is 0 Å². The van der Waals surface area contributed by atoms with Gasteiger partial charge in [-0.05, 0) is 30.3 Å². The standard InChI is InChI=1S/C17H13ClFN3/c1-22-12(9-20)10-21-17(13-4-2-3-5-15(13)19)14-8-11(18)6-7-16(14)22/h2-8,12H,10H2,1H3. The molecule has 0 aromatic heterocycles. The molecule has 0 amide bonds. The maximum absolute atomic E-state index is 14.2. The molecular weight excluding hydrogens is 301 g/mol. The summed E-state index contributed by atoms with van der Waals surface area (Å²) in [6.45, 7) is 0.281. The number of nitriles is 1. The van der Waals surface area contributed by atoms with Gasteiger partial charge in [-0.25, -0.2) is 4.39 Å². The third kappa shape index (κ3) is 2.44. The summed E-state index contributed by atoms with van der Waals surface area (Å²) < 4.78 is 14.2. The Bertz CT molecular complexity index is 795. The van der Waals surface area contributed by atoms with E-state index in [0.29, 0.717) is 16.3 Å². The van der Waals surface area contributed by atoms with E-state index in [2.05, 4.69) is 11.1 Å². The fourth-order valence-electron chi connectivity index (χ4n) is 2.57. The van der Waals surface area contributed by atoms with Gasteiger partial charge in [0.2, 0.25) is 0 Å². The molecule has 0 spiro atoms. The molecule has 3 nitrogen and oxygen atoms in total. The van der Waals surface area contributed by atoms with Gasteiger partial charge < -0.3 is 4.90 Å². The van der Waals surface area contributed by atoms with Gasteiger partial charge in [-0.1, -0.05) is 23.7 Å². The van der Waals surface area contributed by atoms with Crippen LogP contribution >= 0.6 is 11.6 Å². The second-order valence-electron chi connectivity index (χ2n) is 5.09. The van der Waals surface area contributed by atoms with Crippen molar-refractivity contribution in [2.45, 2.75) is 6.04 Å². The minimum atomic E-state index is -0.399. The third-order valence-electron chi connectivity index (χ3n) is 3.76. The van der Waals surface area contributed by atoms with Gasteiger partial charge in [0, 0.05) is 28.9 Å². The number of anilines is 1. The zero-order valence-corrected chi connectivity index (χ0v) is 12.7. The molecule has 1 aliphatic rings. The first-order valence-electron chi connectivity index (χ1n) is 6.83. The molecule has 0 bridgehead atoms. The van der Waals surface area contributed by atoms with Crippen LogP contribution in [0.15, 0.2) is 47.5 Å². The van der Waals surface area contributed by atoms with Crippen LogP contribution in [-0.2, 0) is 0 Å². The number of fused-ring (bicyclic) bond motifs is 1. The molecule has 2 aromatic rings. The summed E-state index contributed by atoms with van der Waals surface area (Å²) in [6.07, 6.45) is 0. The fraction of sp³-hybridized carbons (Fsp3) is 0.176. The number of nitrogens with zero attached hydrogens (tertiary/aromatic N) is 3. The Balaban J connectivity index is 2.25. The minimum Gasteiger partial charge on any atom is -0.357 e. The van der Waals surface area contributed by atoms with E-state index in [4.69, 9.17) is 11.6 Å². The molecule has 1 heterocycles. The Labute approximate surface area is 133 Å². The number of benzene rings is 2. The van der Waals surface area contributed by atoms with Gasteiger partial charge in [-0.2, -0.15) is 5.26 Å². The summed E-state index contributed by atoms with van der Waals surface area (Å²) in [5.74, 6) is -0.342. The SMILES string of the molecule is CN1c2ccc(Cl)cc2C(c2ccccc2F)=NCC1C#N. The lowest BCUT2D eigenvalue weighted by atomic mass is 10.00. The average Bonchev–Trinajstić information content (AvgIpc) is 2.65. The molecule has 3 rings (SSSR count). The highest BCUT2D eigenvalue weighted by atomic mass is 35.5. The second kappa shape index (κ2) is 5.78. The van der Waals surface area contributed by atoms with Crippen LogP contribution in [0.1, 0.15) is 11.1 Å². The number of hydrogen-bond donors (Lipinski definition) is 0. The van der Waals surface area contributed by atoms with Gasteiger partial charge in [0.15, 0.2) is 0 Å². The van der Waals surface area contributed by atoms with Crippen molar-refractivity contribution in [1.29, 1.82) is 5.26 Å². The Morgan fingerprint density at radius 3 is 2.77 bits per heavy atom. The largest absolute Gasteiger partial charge is 0.357 e. The zero-order valence-electron chi connectivity index (χ0n) is 11.9. The van der Waals surface area contributed by atoms with E-state index < -0.39 is 6.04 Å². The number of aliphatic imine (C=N–C) groups is 1. The highest BCUT2D eigenvalue weighted by Crippen LogP contribution is 2.30. The Morgan fingerprint density at radius 2 is 2.05 bits per heavy atom. The highest BCUT2D eigenvalue weighted by Gasteiger charge is 2.25. The molecule has 110 valence electrons. The molecule has 1 atom stereocenters. The molecule has 0 radical (unpaired) electrons. The summed E-state index contributed by atoms with van der Waals surface area (Å²) in [7, 11) is 1.83. The van der Waals surface area contributed by atoms with Gasteiger partial charge in [0.25, 0.3) is 0 Å². The monoisotopic (exact) mass is 313 g/mol. The first kappa shape index (κ1) is 14.6. The summed E-state index contributed by atoms with van der Waals surface area (Å²) in [5.41, 5.74) is 2.49. The normalized spacial score (nSPS) is 17.3. The van der Waals surface area contributed by atoms with Crippen molar-refractivity contribution >= 4 is 23.0 Å². The van der Waals surface area contributed by atoms with E-state index in [1.165, 1.54) is 6.07 Å². The van der Waals surface area contributed by atoms with Crippen molar-refractivity contribution < 1.29 is 4.39 Å². The predicted molar refractivity (Wildman–Crippen MR) is 86.2 cm³/mol. The Morgan fingerprint density at radius 1 is 1.27 bits per heavy atom. The third-order valence-corrected chi connectivity index (χ3v) is 4.00. The maximum atomic E-state index is 14.2. The van der Waals surface area contributed by atoms with Crippen molar-refractivity contribution in [3.8, 4) is 6.07 Å². The molecule has 0 aliphatic carbocycles. The van der Waals surface area contributed by atoms with Crippen LogP contribution in [0.2, 0.25) is 5.02 Å². The molecule has 0 saturated carbocycles. The smallest absolute Gasteiger partial charge is 0.136 e. The lowest BCUT2D eigenvalue weighted by molar-refractivity contribution is 0.625. The van der Waals surface area contributed by atoms with Crippen molar-refractivity contribution in [3.05, 3.63) is 64.4 Å². The van der Waals surface area contributed by atoms with Crippen LogP contribution in [0.5, 0.6) is 0 Å². The van der Waals surface area contributed by atoms with Crippen molar-refractivity contribution in [3.63, 3.8) is 0 Å². The molecule has 22 heavy (non-hydrogen) atoms. The van der Waals surface area contributed by atoms with Crippen LogP contribution in [0.3, 0.4) is 0 Å². The van der Waals surface area contributed by atoms with Gasteiger partial charge in [0.1, 0.15) is 11.9 Å². The molecule has 1 unspecified atom stereocenters. The summed E-state index contributed by atoms with van der Waals surface area (Å²) >= 11 is 6.11. The van der Waals surface area contributed by atoms with E-state index in [1.807, 2.05) is 18.0 Å². The second-order valence-corrected chi connectivity index (χ2v) is 5.52. The first-order valence-corrected chi connectivity index (χ1v) is 7.21. The van der Waals surface area contributed by atoms with Gasteiger partial charge >= 0.3 is 0 Å².